The van der Waals surface area contributed by atoms with Gasteiger partial charge >= 0.3 is 0 Å². The Labute approximate surface area is 138 Å². The Bertz CT molecular complexity index is 542. The molecule has 128 valence electrons. The monoisotopic (exact) mass is 320 g/mol. The number of amides is 1. The van der Waals surface area contributed by atoms with Crippen molar-refractivity contribution in [3.63, 3.8) is 0 Å². The van der Waals surface area contributed by atoms with Gasteiger partial charge in [0.2, 0.25) is 5.91 Å². The van der Waals surface area contributed by atoms with Gasteiger partial charge in [0.25, 0.3) is 0 Å². The average Bonchev–Trinajstić information content (AvgIpc) is 2.94. The molecule has 2 aliphatic rings. The Hall–Kier alpha value is -1.33. The maximum Gasteiger partial charge on any atom is 0.222 e. The summed E-state index contributed by atoms with van der Waals surface area (Å²) < 4.78 is 10.9. The third kappa shape index (κ3) is 3.96. The van der Waals surface area contributed by atoms with Gasteiger partial charge in [-0.1, -0.05) is 0 Å². The molecule has 5 nitrogen and oxygen atoms in total. The van der Waals surface area contributed by atoms with Gasteiger partial charge in [0, 0.05) is 38.6 Å². The first kappa shape index (κ1) is 16.5. The Kier molecular flexibility index (Phi) is 5.07. The number of likely N-dealkylation sites (tertiary alicyclic amines) is 2. The average molecular weight is 320 g/mol. The highest BCUT2D eigenvalue weighted by atomic mass is 16.5. The number of furan rings is 1. The zero-order valence-corrected chi connectivity index (χ0v) is 14.3. The number of piperidine rings is 2. The van der Waals surface area contributed by atoms with Crippen LogP contribution in [0.2, 0.25) is 0 Å². The van der Waals surface area contributed by atoms with E-state index in [4.69, 9.17) is 9.15 Å². The minimum atomic E-state index is 0.252. The summed E-state index contributed by atoms with van der Waals surface area (Å²) in [5.74, 6) is 2.30. The van der Waals surface area contributed by atoms with Crippen molar-refractivity contribution in [1.29, 1.82) is 0 Å². The second kappa shape index (κ2) is 7.05. The number of rotatable bonds is 5. The quantitative estimate of drug-likeness (QED) is 0.836. The molecule has 0 unspecified atom stereocenters. The summed E-state index contributed by atoms with van der Waals surface area (Å²) in [4.78, 5) is 16.6. The van der Waals surface area contributed by atoms with Gasteiger partial charge in [0.1, 0.15) is 11.5 Å². The van der Waals surface area contributed by atoms with Crippen molar-refractivity contribution in [1.82, 2.24) is 9.80 Å². The van der Waals surface area contributed by atoms with Crippen LogP contribution in [0.4, 0.5) is 0 Å². The second-order valence-electron chi connectivity index (χ2n) is 7.13. The lowest BCUT2D eigenvalue weighted by atomic mass is 9.73. The van der Waals surface area contributed by atoms with E-state index in [9.17, 15) is 4.79 Å². The Morgan fingerprint density at radius 3 is 2.91 bits per heavy atom. The summed E-state index contributed by atoms with van der Waals surface area (Å²) >= 11 is 0. The second-order valence-corrected chi connectivity index (χ2v) is 7.13. The standard InChI is InChI=1S/C18H28N2O3/c1-15-4-5-16(23-15)12-19-9-3-7-18(13-19)8-6-17(21)20(14-18)10-11-22-2/h4-5H,3,6-14H2,1-2H3/t18-/m1/s1. The number of carbonyl (C=O) groups excluding carboxylic acids is 1. The van der Waals surface area contributed by atoms with Crippen molar-refractivity contribution in [2.45, 2.75) is 39.2 Å². The van der Waals surface area contributed by atoms with E-state index in [-0.39, 0.29) is 11.3 Å². The number of methoxy groups -OCH3 is 1. The van der Waals surface area contributed by atoms with E-state index < -0.39 is 0 Å². The highest BCUT2D eigenvalue weighted by Crippen LogP contribution is 2.39. The van der Waals surface area contributed by atoms with Crippen LogP contribution in [0.5, 0.6) is 0 Å². The van der Waals surface area contributed by atoms with Crippen LogP contribution in [0.15, 0.2) is 16.5 Å². The molecule has 0 bridgehead atoms. The smallest absolute Gasteiger partial charge is 0.222 e. The highest BCUT2D eigenvalue weighted by Gasteiger charge is 2.41. The van der Waals surface area contributed by atoms with E-state index in [1.165, 1.54) is 12.8 Å². The molecule has 1 spiro atoms. The summed E-state index contributed by atoms with van der Waals surface area (Å²) in [6.45, 7) is 7.26. The SMILES string of the molecule is COCCN1C[C@]2(CCCN(Cc3ccc(C)o3)C2)CCC1=O. The van der Waals surface area contributed by atoms with E-state index in [1.807, 2.05) is 17.9 Å². The van der Waals surface area contributed by atoms with Crippen molar-refractivity contribution in [2.24, 2.45) is 5.41 Å². The van der Waals surface area contributed by atoms with E-state index in [0.29, 0.717) is 19.6 Å². The fourth-order valence-corrected chi connectivity index (χ4v) is 4.08. The van der Waals surface area contributed by atoms with Gasteiger partial charge in [-0.3, -0.25) is 9.69 Å². The summed E-state index contributed by atoms with van der Waals surface area (Å²) in [6.07, 6.45) is 4.11. The van der Waals surface area contributed by atoms with Gasteiger partial charge in [-0.25, -0.2) is 0 Å². The van der Waals surface area contributed by atoms with Crippen LogP contribution in [-0.4, -0.2) is 55.6 Å². The molecule has 1 aromatic heterocycles. The largest absolute Gasteiger partial charge is 0.465 e. The molecule has 3 rings (SSSR count). The van der Waals surface area contributed by atoms with Crippen molar-refractivity contribution in [2.75, 3.05) is 39.9 Å². The molecule has 0 radical (unpaired) electrons. The molecular weight excluding hydrogens is 292 g/mol. The zero-order valence-electron chi connectivity index (χ0n) is 14.3. The molecule has 0 N–H and O–H groups in total. The Balaban J connectivity index is 1.63. The summed E-state index contributed by atoms with van der Waals surface area (Å²) in [5.41, 5.74) is 0.252. The van der Waals surface area contributed by atoms with E-state index in [2.05, 4.69) is 11.0 Å². The van der Waals surface area contributed by atoms with E-state index >= 15 is 0 Å². The van der Waals surface area contributed by atoms with Crippen molar-refractivity contribution >= 4 is 5.91 Å². The minimum absolute atomic E-state index is 0.252. The zero-order chi connectivity index (χ0) is 16.3. The third-order valence-electron chi connectivity index (χ3n) is 5.23. The maximum absolute atomic E-state index is 12.1. The predicted molar refractivity (Wildman–Crippen MR) is 88.1 cm³/mol. The Morgan fingerprint density at radius 2 is 2.17 bits per heavy atom. The first-order valence-corrected chi connectivity index (χ1v) is 8.65. The molecular formula is C18H28N2O3. The van der Waals surface area contributed by atoms with E-state index in [1.54, 1.807) is 7.11 Å². The first-order chi connectivity index (χ1) is 11.1. The van der Waals surface area contributed by atoms with Crippen molar-refractivity contribution in [3.05, 3.63) is 23.7 Å². The predicted octanol–water partition coefficient (Wildman–Crippen LogP) is 2.44. The van der Waals surface area contributed by atoms with Crippen LogP contribution in [0.25, 0.3) is 0 Å². The summed E-state index contributed by atoms with van der Waals surface area (Å²) in [5, 5.41) is 0. The van der Waals surface area contributed by atoms with Crippen LogP contribution >= 0.6 is 0 Å². The summed E-state index contributed by atoms with van der Waals surface area (Å²) in [7, 11) is 1.69. The molecule has 0 aliphatic carbocycles. The number of hydrogen-bond donors (Lipinski definition) is 0. The maximum atomic E-state index is 12.1. The first-order valence-electron chi connectivity index (χ1n) is 8.65. The van der Waals surface area contributed by atoms with Crippen molar-refractivity contribution in [3.8, 4) is 0 Å². The fraction of sp³-hybridized carbons (Fsp3) is 0.722. The van der Waals surface area contributed by atoms with Crippen LogP contribution in [0.3, 0.4) is 0 Å². The molecule has 2 saturated heterocycles. The molecule has 1 amide bonds. The number of carbonyl (C=O) groups is 1. The highest BCUT2D eigenvalue weighted by molar-refractivity contribution is 5.77. The van der Waals surface area contributed by atoms with Crippen LogP contribution in [0, 0.1) is 12.3 Å². The lowest BCUT2D eigenvalue weighted by Crippen LogP contribution is -2.54. The third-order valence-corrected chi connectivity index (χ3v) is 5.23. The molecule has 1 aromatic rings. The van der Waals surface area contributed by atoms with Gasteiger partial charge in [0.05, 0.1) is 13.2 Å². The number of ether oxygens (including phenoxy) is 1. The van der Waals surface area contributed by atoms with Crippen LogP contribution in [-0.2, 0) is 16.1 Å². The van der Waals surface area contributed by atoms with Gasteiger partial charge in [-0.15, -0.1) is 0 Å². The molecule has 1 atom stereocenters. The number of aryl methyl sites for hydroxylation is 1. The lowest BCUT2D eigenvalue weighted by Gasteiger charge is -2.48. The topological polar surface area (TPSA) is 45.9 Å². The van der Waals surface area contributed by atoms with E-state index in [0.717, 1.165) is 44.1 Å². The molecule has 2 fully saturated rings. The summed E-state index contributed by atoms with van der Waals surface area (Å²) in [6, 6.07) is 4.10. The van der Waals surface area contributed by atoms with Crippen LogP contribution in [0.1, 0.15) is 37.2 Å². The lowest BCUT2D eigenvalue weighted by molar-refractivity contribution is -0.140. The molecule has 0 saturated carbocycles. The molecule has 23 heavy (non-hydrogen) atoms. The molecule has 2 aliphatic heterocycles. The van der Waals surface area contributed by atoms with Gasteiger partial charge in [0.15, 0.2) is 0 Å². The minimum Gasteiger partial charge on any atom is -0.465 e. The number of hydrogen-bond acceptors (Lipinski definition) is 4. The Morgan fingerprint density at radius 1 is 1.30 bits per heavy atom. The van der Waals surface area contributed by atoms with Crippen LogP contribution < -0.4 is 0 Å². The van der Waals surface area contributed by atoms with Gasteiger partial charge in [-0.05, 0) is 44.9 Å². The molecule has 0 aromatic carbocycles. The fourth-order valence-electron chi connectivity index (χ4n) is 4.08. The van der Waals surface area contributed by atoms with Gasteiger partial charge in [-0.2, -0.15) is 0 Å². The normalized spacial score (nSPS) is 26.2. The van der Waals surface area contributed by atoms with Crippen molar-refractivity contribution < 1.29 is 13.9 Å². The number of nitrogens with zero attached hydrogens (tertiary/aromatic N) is 2. The molecule has 5 heteroatoms. The molecule has 3 heterocycles. The van der Waals surface area contributed by atoms with Gasteiger partial charge < -0.3 is 14.1 Å².